The zero-order valence-electron chi connectivity index (χ0n) is 27.2. The third kappa shape index (κ3) is 7.25. The Hall–Kier alpha value is -4.24. The molecule has 0 bridgehead atoms. The predicted octanol–water partition coefficient (Wildman–Crippen LogP) is 9.15. The molecular weight excluding hydrogens is 599 g/mol. The maximum absolute atomic E-state index is 13.4. The van der Waals surface area contributed by atoms with Crippen LogP contribution >= 0.6 is 11.8 Å². The summed E-state index contributed by atoms with van der Waals surface area (Å²) >= 11 is 1.74. The number of benzene rings is 2. The van der Waals surface area contributed by atoms with Crippen LogP contribution in [0.4, 0.5) is 4.39 Å². The van der Waals surface area contributed by atoms with Gasteiger partial charge in [0, 0.05) is 37.7 Å². The lowest BCUT2D eigenvalue weighted by Crippen LogP contribution is -2.38. The molecular formula is C37H41FN4O3S. The average Bonchev–Trinajstić information content (AvgIpc) is 3.37. The fourth-order valence-electron chi connectivity index (χ4n) is 5.94. The number of aromatic amines is 1. The lowest BCUT2D eigenvalue weighted by molar-refractivity contribution is -0.151. The predicted molar refractivity (Wildman–Crippen MR) is 182 cm³/mol. The second-order valence-corrected chi connectivity index (χ2v) is 14.6. The van der Waals surface area contributed by atoms with Crippen LogP contribution in [-0.4, -0.2) is 36.0 Å². The molecule has 0 saturated heterocycles. The van der Waals surface area contributed by atoms with Crippen LogP contribution in [0.25, 0.3) is 22.2 Å². The summed E-state index contributed by atoms with van der Waals surface area (Å²) in [5.74, 6) is -0.829. The van der Waals surface area contributed by atoms with E-state index in [1.165, 1.54) is 12.3 Å². The Morgan fingerprint density at radius 3 is 2.33 bits per heavy atom. The van der Waals surface area contributed by atoms with Crippen LogP contribution in [-0.2, 0) is 17.8 Å². The van der Waals surface area contributed by atoms with Crippen LogP contribution in [0.2, 0.25) is 0 Å². The molecule has 0 aliphatic carbocycles. The van der Waals surface area contributed by atoms with Gasteiger partial charge in [0.05, 0.1) is 23.0 Å². The molecule has 240 valence electrons. The number of aromatic nitrogens is 4. The van der Waals surface area contributed by atoms with Crippen molar-refractivity contribution in [2.45, 2.75) is 83.0 Å². The van der Waals surface area contributed by atoms with E-state index in [0.717, 1.165) is 44.0 Å². The third-order valence-electron chi connectivity index (χ3n) is 8.52. The maximum atomic E-state index is 13.4. The fourth-order valence-corrected chi connectivity index (χ4v) is 7.14. The Morgan fingerprint density at radius 1 is 1.00 bits per heavy atom. The average molecular weight is 641 g/mol. The van der Waals surface area contributed by atoms with Crippen molar-refractivity contribution in [3.8, 4) is 17.0 Å². The second-order valence-electron chi connectivity index (χ2n) is 12.7. The zero-order valence-corrected chi connectivity index (χ0v) is 28.0. The van der Waals surface area contributed by atoms with E-state index in [1.54, 1.807) is 17.8 Å². The van der Waals surface area contributed by atoms with Crippen molar-refractivity contribution in [2.75, 3.05) is 0 Å². The summed E-state index contributed by atoms with van der Waals surface area (Å²) in [5, 5.41) is 20.1. The molecule has 0 spiro atoms. The number of rotatable bonds is 12. The number of carbonyl (C=O) groups is 1. The van der Waals surface area contributed by atoms with E-state index < -0.39 is 11.4 Å². The lowest BCUT2D eigenvalue weighted by atomic mass is 9.67. The van der Waals surface area contributed by atoms with E-state index in [0.29, 0.717) is 30.7 Å². The summed E-state index contributed by atoms with van der Waals surface area (Å²) < 4.78 is 19.4. The molecule has 3 heterocycles. The molecule has 1 atom stereocenters. The summed E-state index contributed by atoms with van der Waals surface area (Å²) in [7, 11) is 0. The Morgan fingerprint density at radius 2 is 1.74 bits per heavy atom. The first-order valence-corrected chi connectivity index (χ1v) is 16.4. The molecule has 5 rings (SSSR count). The summed E-state index contributed by atoms with van der Waals surface area (Å²) in [6.07, 6.45) is 2.68. The molecule has 2 N–H and O–H groups in total. The summed E-state index contributed by atoms with van der Waals surface area (Å²) in [6.45, 7) is 12.6. The van der Waals surface area contributed by atoms with E-state index in [9.17, 15) is 14.3 Å². The number of H-pyrrole nitrogens is 1. The molecule has 0 amide bonds. The van der Waals surface area contributed by atoms with Crippen LogP contribution < -0.4 is 4.74 Å². The number of ether oxygens (including phenoxy) is 1. The van der Waals surface area contributed by atoms with E-state index in [-0.39, 0.29) is 23.1 Å². The van der Waals surface area contributed by atoms with Crippen molar-refractivity contribution < 1.29 is 19.0 Å². The molecule has 7 nitrogen and oxygen atoms in total. The van der Waals surface area contributed by atoms with Crippen LogP contribution in [0.5, 0.6) is 5.75 Å². The molecule has 0 saturated carbocycles. The van der Waals surface area contributed by atoms with E-state index >= 15 is 0 Å². The Bertz CT molecular complexity index is 1790. The van der Waals surface area contributed by atoms with E-state index in [4.69, 9.17) is 4.74 Å². The zero-order chi connectivity index (χ0) is 33.1. The number of carboxylic acid groups (broad SMARTS) is 1. The van der Waals surface area contributed by atoms with Gasteiger partial charge < -0.3 is 14.8 Å². The van der Waals surface area contributed by atoms with Gasteiger partial charge >= 0.3 is 5.97 Å². The van der Waals surface area contributed by atoms with Gasteiger partial charge in [-0.05, 0) is 74.2 Å². The number of nitrogens with one attached hydrogen (secondary N) is 1. The van der Waals surface area contributed by atoms with Crippen LogP contribution in [0.3, 0.4) is 0 Å². The van der Waals surface area contributed by atoms with Crippen molar-refractivity contribution in [2.24, 2.45) is 5.41 Å². The molecule has 46 heavy (non-hydrogen) atoms. The Balaban J connectivity index is 1.58. The molecule has 5 aromatic rings. The Labute approximate surface area is 274 Å². The highest BCUT2D eigenvalue weighted by molar-refractivity contribution is 8.00. The van der Waals surface area contributed by atoms with Crippen molar-refractivity contribution in [1.82, 2.24) is 20.2 Å². The number of fused-ring (bicyclic) bond motifs is 1. The lowest BCUT2D eigenvalue weighted by Gasteiger charge is -2.36. The molecule has 0 aliphatic rings. The molecule has 0 aliphatic heterocycles. The quantitative estimate of drug-likeness (QED) is 0.131. The minimum Gasteiger partial charge on any atom is -0.487 e. The number of nitrogens with zero attached hydrogens (tertiary/aromatic N) is 3. The minimum absolute atomic E-state index is 0.142. The van der Waals surface area contributed by atoms with Crippen molar-refractivity contribution in [1.29, 1.82) is 0 Å². The van der Waals surface area contributed by atoms with E-state index in [2.05, 4.69) is 40.9 Å². The number of halogens is 1. The number of thioether (sulfide) groups is 1. The summed E-state index contributed by atoms with van der Waals surface area (Å²) in [6, 6.07) is 20.8. The first-order valence-electron chi connectivity index (χ1n) is 15.6. The molecule has 0 fully saturated rings. The molecule has 2 aromatic carbocycles. The fraction of sp³-hybridized carbons (Fsp3) is 0.351. The minimum atomic E-state index is -1.01. The first-order chi connectivity index (χ1) is 21.9. The number of carboxylic acids is 1. The van der Waals surface area contributed by atoms with Gasteiger partial charge in [-0.25, -0.2) is 4.39 Å². The third-order valence-corrected chi connectivity index (χ3v) is 9.77. The van der Waals surface area contributed by atoms with Crippen LogP contribution in [0, 0.1) is 18.2 Å². The monoisotopic (exact) mass is 640 g/mol. The van der Waals surface area contributed by atoms with Crippen molar-refractivity contribution >= 4 is 28.6 Å². The highest BCUT2D eigenvalue weighted by atomic mass is 32.2. The number of aryl methyl sites for hydroxylation is 1. The second kappa shape index (κ2) is 13.6. The topological polar surface area (TPSA) is 101 Å². The van der Waals surface area contributed by atoms with E-state index in [1.807, 2.05) is 75.4 Å². The highest BCUT2D eigenvalue weighted by Crippen LogP contribution is 2.50. The summed E-state index contributed by atoms with van der Waals surface area (Å²) in [4.78, 5) is 22.1. The molecule has 0 radical (unpaired) electrons. The van der Waals surface area contributed by atoms with Crippen LogP contribution in [0.1, 0.15) is 76.0 Å². The van der Waals surface area contributed by atoms with Gasteiger partial charge in [-0.15, -0.1) is 11.8 Å². The normalized spacial score (nSPS) is 12.8. The standard InChI is InChI=1S/C37H41FN4O3S/c1-7-37(8-2,35(43)44)30(19-24-10-12-25(13-11-24)31-17-14-26(38)21-39-31)33-34(46-36(4,5)6)29-20-28(16-18-32(29)40-33)45-22-27-15-9-23(3)41-42-27/h9-18,20-21,30,40H,7-8,19,22H2,1-6H3,(H,43,44). The Kier molecular flexibility index (Phi) is 9.82. The smallest absolute Gasteiger partial charge is 0.310 e. The summed E-state index contributed by atoms with van der Waals surface area (Å²) in [5.41, 5.74) is 4.99. The maximum Gasteiger partial charge on any atom is 0.310 e. The first kappa shape index (κ1) is 33.1. The number of aliphatic carboxylic acids is 1. The number of hydrogen-bond acceptors (Lipinski definition) is 6. The van der Waals surface area contributed by atoms with Gasteiger partial charge in [0.15, 0.2) is 0 Å². The molecule has 1 unspecified atom stereocenters. The van der Waals surface area contributed by atoms with Gasteiger partial charge in [0.1, 0.15) is 23.9 Å². The largest absolute Gasteiger partial charge is 0.487 e. The molecule has 3 aromatic heterocycles. The van der Waals surface area contributed by atoms with Crippen molar-refractivity contribution in [3.63, 3.8) is 0 Å². The van der Waals surface area contributed by atoms with Gasteiger partial charge in [-0.1, -0.05) is 58.9 Å². The van der Waals surface area contributed by atoms with Gasteiger partial charge in [0.2, 0.25) is 0 Å². The SMILES string of the molecule is CCC(CC)(C(=O)O)C(Cc1ccc(-c2ccc(F)cn2)cc1)c1[nH]c2ccc(OCc3ccc(C)nn3)cc2c1SC(C)(C)C. The number of hydrogen-bond donors (Lipinski definition) is 2. The van der Waals surface area contributed by atoms with Crippen LogP contribution in [0.15, 0.2) is 77.8 Å². The number of pyridine rings is 1. The molecule has 9 heteroatoms. The van der Waals surface area contributed by atoms with Gasteiger partial charge in [-0.3, -0.25) is 9.78 Å². The van der Waals surface area contributed by atoms with Gasteiger partial charge in [0.25, 0.3) is 0 Å². The van der Waals surface area contributed by atoms with Gasteiger partial charge in [-0.2, -0.15) is 10.2 Å². The highest BCUT2D eigenvalue weighted by Gasteiger charge is 2.45. The van der Waals surface area contributed by atoms with Crippen molar-refractivity contribution in [3.05, 3.63) is 101 Å².